The van der Waals surface area contributed by atoms with Gasteiger partial charge in [-0.2, -0.15) is 0 Å². The van der Waals surface area contributed by atoms with Crippen LogP contribution in [0.1, 0.15) is 56.0 Å². The van der Waals surface area contributed by atoms with Crippen molar-refractivity contribution in [3.05, 3.63) is 57.0 Å². The second-order valence-electron chi connectivity index (χ2n) is 7.54. The SMILES string of the molecule is CCc1ccc([C@@H]2c3c([nH][nH]c3=O)C[C@@](C)(O)[C@H]2C(=O)OC(C)C)cc1. The van der Waals surface area contributed by atoms with Crippen LogP contribution in [0.4, 0.5) is 0 Å². The minimum absolute atomic E-state index is 0.183. The molecule has 0 bridgehead atoms. The van der Waals surface area contributed by atoms with Gasteiger partial charge in [0.1, 0.15) is 0 Å². The number of hydrogen-bond acceptors (Lipinski definition) is 4. The van der Waals surface area contributed by atoms with Gasteiger partial charge in [-0.3, -0.25) is 14.7 Å². The minimum atomic E-state index is -1.34. The van der Waals surface area contributed by atoms with Crippen LogP contribution in [0.25, 0.3) is 0 Å². The zero-order valence-electron chi connectivity index (χ0n) is 15.6. The summed E-state index contributed by atoms with van der Waals surface area (Å²) in [5.41, 5.74) is 1.53. The molecule has 3 N–H and O–H groups in total. The number of hydrogen-bond donors (Lipinski definition) is 3. The Morgan fingerprint density at radius 3 is 2.54 bits per heavy atom. The first-order valence-electron chi connectivity index (χ1n) is 9.05. The lowest BCUT2D eigenvalue weighted by Gasteiger charge is -2.40. The number of H-pyrrole nitrogens is 2. The van der Waals surface area contributed by atoms with E-state index < -0.39 is 23.4 Å². The summed E-state index contributed by atoms with van der Waals surface area (Å²) in [5, 5.41) is 16.5. The quantitative estimate of drug-likeness (QED) is 0.731. The number of ether oxygens (including phenoxy) is 1. The summed E-state index contributed by atoms with van der Waals surface area (Å²) in [7, 11) is 0. The number of nitrogens with one attached hydrogen (secondary N) is 2. The first-order chi connectivity index (χ1) is 12.2. The Hall–Kier alpha value is -2.34. The first-order valence-corrected chi connectivity index (χ1v) is 9.05. The van der Waals surface area contributed by atoms with E-state index in [1.807, 2.05) is 24.3 Å². The maximum absolute atomic E-state index is 12.9. The van der Waals surface area contributed by atoms with Crippen LogP contribution in [0.3, 0.4) is 0 Å². The molecule has 140 valence electrons. The van der Waals surface area contributed by atoms with Gasteiger partial charge in [0.05, 0.1) is 17.6 Å². The van der Waals surface area contributed by atoms with Crippen molar-refractivity contribution in [2.75, 3.05) is 0 Å². The third-order valence-electron chi connectivity index (χ3n) is 5.10. The molecule has 0 aliphatic heterocycles. The van der Waals surface area contributed by atoms with E-state index >= 15 is 0 Å². The van der Waals surface area contributed by atoms with Crippen molar-refractivity contribution >= 4 is 5.97 Å². The van der Waals surface area contributed by atoms with Crippen LogP contribution >= 0.6 is 0 Å². The van der Waals surface area contributed by atoms with Crippen molar-refractivity contribution in [2.24, 2.45) is 5.92 Å². The standard InChI is InChI=1S/C20H26N2O4/c1-5-12-6-8-13(9-7-12)15-16-14(21-22-18(16)23)10-20(4,25)17(15)19(24)26-11(2)3/h6-9,11,15,17,25H,5,10H2,1-4H3,(H2,21,22,23)/t15-,17-,20-/m1/s1. The highest BCUT2D eigenvalue weighted by molar-refractivity contribution is 5.77. The van der Waals surface area contributed by atoms with Gasteiger partial charge >= 0.3 is 5.97 Å². The Kier molecular flexibility index (Phi) is 4.80. The lowest BCUT2D eigenvalue weighted by Crippen LogP contribution is -2.50. The fourth-order valence-corrected chi connectivity index (χ4v) is 3.88. The van der Waals surface area contributed by atoms with Gasteiger partial charge < -0.3 is 14.9 Å². The molecule has 3 rings (SSSR count). The lowest BCUT2D eigenvalue weighted by molar-refractivity contribution is -0.163. The van der Waals surface area contributed by atoms with Gasteiger partial charge in [0, 0.05) is 23.6 Å². The van der Waals surface area contributed by atoms with E-state index in [0.29, 0.717) is 11.3 Å². The van der Waals surface area contributed by atoms with Crippen molar-refractivity contribution in [2.45, 2.75) is 58.2 Å². The Morgan fingerprint density at radius 2 is 1.96 bits per heavy atom. The summed E-state index contributed by atoms with van der Waals surface area (Å²) >= 11 is 0. The van der Waals surface area contributed by atoms with E-state index in [1.54, 1.807) is 20.8 Å². The second kappa shape index (κ2) is 6.76. The average Bonchev–Trinajstić information content (AvgIpc) is 2.92. The maximum atomic E-state index is 12.9. The van der Waals surface area contributed by atoms with E-state index in [0.717, 1.165) is 12.0 Å². The molecule has 1 aromatic heterocycles. The molecule has 1 aliphatic rings. The highest BCUT2D eigenvalue weighted by Crippen LogP contribution is 2.44. The summed E-state index contributed by atoms with van der Waals surface area (Å²) in [6.45, 7) is 7.24. The molecule has 1 aliphatic carbocycles. The minimum Gasteiger partial charge on any atom is -0.463 e. The van der Waals surface area contributed by atoms with Crippen LogP contribution in [-0.4, -0.2) is 33.0 Å². The van der Waals surface area contributed by atoms with E-state index in [-0.39, 0.29) is 18.1 Å². The summed E-state index contributed by atoms with van der Waals surface area (Å²) in [5.74, 6) is -1.91. The number of aromatic nitrogens is 2. The number of carbonyl (C=O) groups is 1. The van der Waals surface area contributed by atoms with E-state index in [4.69, 9.17) is 4.74 Å². The van der Waals surface area contributed by atoms with Gasteiger partial charge in [-0.25, -0.2) is 0 Å². The van der Waals surface area contributed by atoms with Crippen LogP contribution in [-0.2, 0) is 22.4 Å². The molecule has 6 heteroatoms. The molecule has 0 spiro atoms. The second-order valence-corrected chi connectivity index (χ2v) is 7.54. The molecule has 1 heterocycles. The molecule has 0 radical (unpaired) electrons. The van der Waals surface area contributed by atoms with Crippen molar-refractivity contribution in [1.82, 2.24) is 10.2 Å². The predicted molar refractivity (Wildman–Crippen MR) is 98.1 cm³/mol. The van der Waals surface area contributed by atoms with Crippen molar-refractivity contribution < 1.29 is 14.6 Å². The van der Waals surface area contributed by atoms with Gasteiger partial charge in [-0.1, -0.05) is 31.2 Å². The third-order valence-corrected chi connectivity index (χ3v) is 5.10. The van der Waals surface area contributed by atoms with E-state index in [9.17, 15) is 14.7 Å². The molecule has 6 nitrogen and oxygen atoms in total. The smallest absolute Gasteiger partial charge is 0.313 e. The molecule has 0 fully saturated rings. The summed E-state index contributed by atoms with van der Waals surface area (Å²) in [6.07, 6.45) is 0.785. The molecule has 0 amide bonds. The summed E-state index contributed by atoms with van der Waals surface area (Å²) in [6, 6.07) is 7.83. The number of carbonyl (C=O) groups excluding carboxylic acids is 1. The Bertz CT molecular complexity index is 845. The normalized spacial score (nSPS) is 25.2. The van der Waals surface area contributed by atoms with Crippen LogP contribution in [0.5, 0.6) is 0 Å². The van der Waals surface area contributed by atoms with Gasteiger partial charge in [0.15, 0.2) is 0 Å². The third kappa shape index (κ3) is 3.21. The van der Waals surface area contributed by atoms with Crippen molar-refractivity contribution in [1.29, 1.82) is 0 Å². The number of aliphatic hydroxyl groups is 1. The fourth-order valence-electron chi connectivity index (χ4n) is 3.88. The average molecular weight is 358 g/mol. The zero-order chi connectivity index (χ0) is 19.1. The molecule has 26 heavy (non-hydrogen) atoms. The Morgan fingerprint density at radius 1 is 1.31 bits per heavy atom. The predicted octanol–water partition coefficient (Wildman–Crippen LogP) is 2.27. The Balaban J connectivity index is 2.16. The fraction of sp³-hybridized carbons (Fsp3) is 0.500. The van der Waals surface area contributed by atoms with Gasteiger partial charge in [0.2, 0.25) is 0 Å². The molecule has 0 saturated carbocycles. The molecule has 3 atom stereocenters. The largest absolute Gasteiger partial charge is 0.463 e. The Labute approximate surface area is 152 Å². The van der Waals surface area contributed by atoms with Crippen LogP contribution in [0.2, 0.25) is 0 Å². The molecule has 2 aromatic rings. The topological polar surface area (TPSA) is 95.2 Å². The number of benzene rings is 1. The van der Waals surface area contributed by atoms with Crippen molar-refractivity contribution in [3.8, 4) is 0 Å². The van der Waals surface area contributed by atoms with E-state index in [2.05, 4.69) is 17.1 Å². The number of aromatic amines is 2. The molecule has 0 unspecified atom stereocenters. The van der Waals surface area contributed by atoms with Crippen LogP contribution in [0, 0.1) is 5.92 Å². The van der Waals surface area contributed by atoms with Crippen molar-refractivity contribution in [3.63, 3.8) is 0 Å². The number of fused-ring (bicyclic) bond motifs is 1. The number of rotatable bonds is 4. The summed E-state index contributed by atoms with van der Waals surface area (Å²) in [4.78, 5) is 25.3. The molecule has 1 aromatic carbocycles. The maximum Gasteiger partial charge on any atom is 0.313 e. The van der Waals surface area contributed by atoms with Crippen LogP contribution in [0.15, 0.2) is 29.1 Å². The number of aryl methyl sites for hydroxylation is 1. The monoisotopic (exact) mass is 358 g/mol. The van der Waals surface area contributed by atoms with Gasteiger partial charge in [-0.05, 0) is 38.3 Å². The number of esters is 1. The molecular formula is C20H26N2O4. The summed E-state index contributed by atoms with van der Waals surface area (Å²) < 4.78 is 5.43. The van der Waals surface area contributed by atoms with Crippen LogP contribution < -0.4 is 5.56 Å². The molecular weight excluding hydrogens is 332 g/mol. The van der Waals surface area contributed by atoms with Gasteiger partial charge in [0.25, 0.3) is 5.56 Å². The first kappa shape index (κ1) is 18.5. The molecule has 0 saturated heterocycles. The zero-order valence-corrected chi connectivity index (χ0v) is 15.6. The highest BCUT2D eigenvalue weighted by atomic mass is 16.5. The van der Waals surface area contributed by atoms with E-state index in [1.165, 1.54) is 5.56 Å². The lowest BCUT2D eigenvalue weighted by atomic mass is 9.66. The van der Waals surface area contributed by atoms with Gasteiger partial charge in [-0.15, -0.1) is 0 Å². The highest BCUT2D eigenvalue weighted by Gasteiger charge is 2.51.